The summed E-state index contributed by atoms with van der Waals surface area (Å²) in [7, 11) is 3.71. The number of methoxy groups -OCH3 is 1. The number of aryl methyl sites for hydroxylation is 2. The summed E-state index contributed by atoms with van der Waals surface area (Å²) >= 11 is 0. The van der Waals surface area contributed by atoms with E-state index in [4.69, 9.17) is 15.3 Å². The molecular formula is C13H24N4O2. The number of aromatic nitrogens is 2. The van der Waals surface area contributed by atoms with Gasteiger partial charge in [0.05, 0.1) is 17.3 Å². The Morgan fingerprint density at radius 2 is 2.26 bits per heavy atom. The van der Waals surface area contributed by atoms with Crippen molar-refractivity contribution < 1.29 is 9.47 Å². The van der Waals surface area contributed by atoms with Crippen LogP contribution >= 0.6 is 0 Å². The number of nitrogens with one attached hydrogen (secondary N) is 1. The molecule has 1 atom stereocenters. The SMILES string of the molecule is COC1(C(Cc2cc(C)nn2C)NN)CCOCC1. The summed E-state index contributed by atoms with van der Waals surface area (Å²) in [5.41, 5.74) is 4.84. The molecule has 0 amide bonds. The first kappa shape index (κ1) is 14.5. The molecule has 19 heavy (non-hydrogen) atoms. The maximum absolute atomic E-state index is 5.80. The lowest BCUT2D eigenvalue weighted by atomic mass is 9.84. The van der Waals surface area contributed by atoms with Crippen LogP contribution in [0.5, 0.6) is 0 Å². The Kier molecular flexibility index (Phi) is 4.57. The van der Waals surface area contributed by atoms with E-state index in [0.29, 0.717) is 0 Å². The fourth-order valence-corrected chi connectivity index (χ4v) is 2.87. The zero-order valence-corrected chi connectivity index (χ0v) is 12.0. The number of ether oxygens (including phenoxy) is 2. The Labute approximate surface area is 114 Å². The average Bonchev–Trinajstić information content (AvgIpc) is 2.75. The van der Waals surface area contributed by atoms with E-state index in [1.54, 1.807) is 7.11 Å². The Bertz CT molecular complexity index is 413. The third-order valence-electron chi connectivity index (χ3n) is 4.09. The summed E-state index contributed by atoms with van der Waals surface area (Å²) in [5, 5.41) is 4.37. The number of nitrogens with zero attached hydrogens (tertiary/aromatic N) is 2. The minimum absolute atomic E-state index is 0.0520. The van der Waals surface area contributed by atoms with Crippen LogP contribution in [0.25, 0.3) is 0 Å². The quantitative estimate of drug-likeness (QED) is 0.593. The fourth-order valence-electron chi connectivity index (χ4n) is 2.87. The number of nitrogens with two attached hydrogens (primary N) is 1. The van der Waals surface area contributed by atoms with Gasteiger partial charge in [-0.15, -0.1) is 0 Å². The summed E-state index contributed by atoms with van der Waals surface area (Å²) in [6, 6.07) is 2.14. The van der Waals surface area contributed by atoms with Gasteiger partial charge < -0.3 is 9.47 Å². The molecule has 3 N–H and O–H groups in total. The first-order valence-corrected chi connectivity index (χ1v) is 6.70. The fraction of sp³-hybridized carbons (Fsp3) is 0.769. The molecule has 0 saturated carbocycles. The second-order valence-corrected chi connectivity index (χ2v) is 5.21. The predicted molar refractivity (Wildman–Crippen MR) is 72.6 cm³/mol. The maximum atomic E-state index is 5.80. The van der Waals surface area contributed by atoms with Crippen molar-refractivity contribution in [3.05, 3.63) is 17.5 Å². The van der Waals surface area contributed by atoms with E-state index in [1.165, 1.54) is 0 Å². The first-order chi connectivity index (χ1) is 9.11. The molecule has 2 rings (SSSR count). The smallest absolute Gasteiger partial charge is 0.0891 e. The van der Waals surface area contributed by atoms with Crippen molar-refractivity contribution in [1.29, 1.82) is 0 Å². The highest BCUT2D eigenvalue weighted by Crippen LogP contribution is 2.29. The van der Waals surface area contributed by atoms with Crippen molar-refractivity contribution in [3.8, 4) is 0 Å². The minimum Gasteiger partial charge on any atom is -0.381 e. The minimum atomic E-state index is -0.259. The summed E-state index contributed by atoms with van der Waals surface area (Å²) in [6.45, 7) is 3.43. The molecule has 1 aliphatic rings. The van der Waals surface area contributed by atoms with Crippen molar-refractivity contribution >= 4 is 0 Å². The monoisotopic (exact) mass is 268 g/mol. The van der Waals surface area contributed by atoms with Gasteiger partial charge in [0.15, 0.2) is 0 Å². The van der Waals surface area contributed by atoms with Gasteiger partial charge in [-0.1, -0.05) is 0 Å². The number of hydrogen-bond donors (Lipinski definition) is 2. The second-order valence-electron chi connectivity index (χ2n) is 5.21. The molecule has 6 heteroatoms. The van der Waals surface area contributed by atoms with E-state index in [1.807, 2.05) is 18.7 Å². The lowest BCUT2D eigenvalue weighted by molar-refractivity contribution is -0.110. The van der Waals surface area contributed by atoms with Crippen LogP contribution in [0.2, 0.25) is 0 Å². The first-order valence-electron chi connectivity index (χ1n) is 6.70. The predicted octanol–water partition coefficient (Wildman–Crippen LogP) is 0.299. The molecule has 2 heterocycles. The van der Waals surface area contributed by atoms with Crippen LogP contribution in [0.3, 0.4) is 0 Å². The molecule has 1 aromatic heterocycles. The van der Waals surface area contributed by atoms with E-state index in [0.717, 1.165) is 43.9 Å². The van der Waals surface area contributed by atoms with Crippen molar-refractivity contribution in [1.82, 2.24) is 15.2 Å². The van der Waals surface area contributed by atoms with Crippen LogP contribution in [0.1, 0.15) is 24.2 Å². The molecule has 0 spiro atoms. The largest absolute Gasteiger partial charge is 0.381 e. The molecule has 1 unspecified atom stereocenters. The van der Waals surface area contributed by atoms with Crippen LogP contribution in [-0.2, 0) is 22.9 Å². The second kappa shape index (κ2) is 6.00. The molecule has 1 aromatic rings. The highest BCUT2D eigenvalue weighted by Gasteiger charge is 2.40. The molecule has 0 aliphatic carbocycles. The van der Waals surface area contributed by atoms with Gasteiger partial charge in [-0.25, -0.2) is 0 Å². The summed E-state index contributed by atoms with van der Waals surface area (Å²) in [5.74, 6) is 5.77. The average molecular weight is 268 g/mol. The lowest BCUT2D eigenvalue weighted by Crippen LogP contribution is -2.58. The highest BCUT2D eigenvalue weighted by atomic mass is 16.5. The Morgan fingerprint density at radius 1 is 1.58 bits per heavy atom. The van der Waals surface area contributed by atoms with Crippen LogP contribution < -0.4 is 11.3 Å². The lowest BCUT2D eigenvalue weighted by Gasteiger charge is -2.42. The van der Waals surface area contributed by atoms with Crippen molar-refractivity contribution in [3.63, 3.8) is 0 Å². The zero-order valence-electron chi connectivity index (χ0n) is 12.0. The standard InChI is InChI=1S/C13H24N4O2/c1-10-8-11(17(2)16-10)9-12(15-14)13(18-3)4-6-19-7-5-13/h8,12,15H,4-7,9,14H2,1-3H3. The van der Waals surface area contributed by atoms with Gasteiger partial charge in [-0.3, -0.25) is 16.0 Å². The molecule has 1 fully saturated rings. The van der Waals surface area contributed by atoms with Crippen LogP contribution in [0.15, 0.2) is 6.07 Å². The van der Waals surface area contributed by atoms with Gasteiger partial charge in [-0.2, -0.15) is 5.10 Å². The van der Waals surface area contributed by atoms with E-state index in [-0.39, 0.29) is 11.6 Å². The molecule has 1 saturated heterocycles. The maximum Gasteiger partial charge on any atom is 0.0891 e. The Balaban J connectivity index is 2.16. The zero-order chi connectivity index (χ0) is 13.9. The Hall–Kier alpha value is -0.950. The van der Waals surface area contributed by atoms with Crippen LogP contribution in [0.4, 0.5) is 0 Å². The molecule has 0 bridgehead atoms. The number of hydrogen-bond acceptors (Lipinski definition) is 5. The Morgan fingerprint density at radius 3 is 2.74 bits per heavy atom. The van der Waals surface area contributed by atoms with Gasteiger partial charge in [0, 0.05) is 52.3 Å². The van der Waals surface area contributed by atoms with Crippen molar-refractivity contribution in [2.24, 2.45) is 12.9 Å². The highest BCUT2D eigenvalue weighted by molar-refractivity contribution is 5.12. The van der Waals surface area contributed by atoms with E-state index >= 15 is 0 Å². The summed E-state index contributed by atoms with van der Waals surface area (Å²) < 4.78 is 13.1. The van der Waals surface area contributed by atoms with Gasteiger partial charge >= 0.3 is 0 Å². The van der Waals surface area contributed by atoms with Gasteiger partial charge in [-0.05, 0) is 13.0 Å². The molecule has 0 radical (unpaired) electrons. The van der Waals surface area contributed by atoms with Crippen molar-refractivity contribution in [2.45, 2.75) is 37.8 Å². The van der Waals surface area contributed by atoms with Gasteiger partial charge in [0.2, 0.25) is 0 Å². The molecule has 0 aromatic carbocycles. The van der Waals surface area contributed by atoms with Crippen LogP contribution in [-0.4, -0.2) is 41.7 Å². The third-order valence-corrected chi connectivity index (χ3v) is 4.09. The van der Waals surface area contributed by atoms with Gasteiger partial charge in [0.1, 0.15) is 0 Å². The van der Waals surface area contributed by atoms with E-state index in [2.05, 4.69) is 16.6 Å². The molecule has 1 aliphatic heterocycles. The molecule has 6 nitrogen and oxygen atoms in total. The topological polar surface area (TPSA) is 74.3 Å². The molecular weight excluding hydrogens is 244 g/mol. The molecule has 108 valence electrons. The van der Waals surface area contributed by atoms with Crippen molar-refractivity contribution in [2.75, 3.05) is 20.3 Å². The van der Waals surface area contributed by atoms with Gasteiger partial charge in [0.25, 0.3) is 0 Å². The summed E-state index contributed by atoms with van der Waals surface area (Å²) in [6.07, 6.45) is 2.51. The van der Waals surface area contributed by atoms with E-state index < -0.39 is 0 Å². The summed E-state index contributed by atoms with van der Waals surface area (Å²) in [4.78, 5) is 0. The number of rotatable bonds is 5. The normalized spacial score (nSPS) is 20.4. The van der Waals surface area contributed by atoms with E-state index in [9.17, 15) is 0 Å². The number of hydrazine groups is 1. The third kappa shape index (κ3) is 2.97. The van der Waals surface area contributed by atoms with Crippen LogP contribution in [0, 0.1) is 6.92 Å².